The second-order valence-corrected chi connectivity index (χ2v) is 4.61. The minimum atomic E-state index is -1.24. The molecule has 0 aliphatic heterocycles. The fourth-order valence-electron chi connectivity index (χ4n) is 0.923. The molecule has 0 aliphatic carbocycles. The fourth-order valence-corrected chi connectivity index (χ4v) is 1.41. The zero-order chi connectivity index (χ0) is 14.8. The number of hydrogen-bond acceptors (Lipinski definition) is 9. The molecule has 0 aromatic carbocycles. The molecule has 19 heavy (non-hydrogen) atoms. The Balaban J connectivity index is 4.06. The summed E-state index contributed by atoms with van der Waals surface area (Å²) in [4.78, 5) is 33.5. The molecule has 0 aliphatic rings. The molecule has 0 amide bonds. The van der Waals surface area contributed by atoms with Gasteiger partial charge in [-0.25, -0.2) is 9.59 Å². The number of rotatable bonds is 8. The van der Waals surface area contributed by atoms with E-state index in [-0.39, 0.29) is 6.54 Å². The first-order chi connectivity index (χ1) is 8.92. The number of carbonyl (C=O) groups excluding carboxylic acids is 3. The molecular weight excluding hydrogens is 274 g/mol. The summed E-state index contributed by atoms with van der Waals surface area (Å²) in [5.74, 6) is -1.87. The maximum absolute atomic E-state index is 11.4. The lowest BCUT2D eigenvalue weighted by Gasteiger charge is -2.13. The summed E-state index contributed by atoms with van der Waals surface area (Å²) in [6.45, 7) is -0.720. The molecule has 6 N–H and O–H groups in total. The number of esters is 3. The van der Waals surface area contributed by atoms with Gasteiger partial charge < -0.3 is 26.7 Å². The number of nitrogens with two attached hydrogens (primary N) is 3. The zero-order valence-electron chi connectivity index (χ0n) is 10.7. The highest BCUT2D eigenvalue weighted by Crippen LogP contribution is 2.01. The van der Waals surface area contributed by atoms with E-state index in [2.05, 4.69) is 9.47 Å². The SMILES string of the molecule is CSCC[C@H](N)C(=O)OC(=O)[C@H](N)COC(=O)CN. The molecule has 0 rings (SSSR count). The Kier molecular flexibility index (Phi) is 9.13. The Morgan fingerprint density at radius 3 is 2.26 bits per heavy atom. The van der Waals surface area contributed by atoms with E-state index in [0.717, 1.165) is 0 Å². The molecule has 0 radical (unpaired) electrons. The van der Waals surface area contributed by atoms with Crippen LogP contribution in [0.2, 0.25) is 0 Å². The van der Waals surface area contributed by atoms with Crippen LogP contribution in [0.15, 0.2) is 0 Å². The molecule has 0 fully saturated rings. The lowest BCUT2D eigenvalue weighted by atomic mass is 10.2. The second-order valence-electron chi connectivity index (χ2n) is 3.62. The lowest BCUT2D eigenvalue weighted by molar-refractivity contribution is -0.162. The molecule has 0 heterocycles. The average molecular weight is 293 g/mol. The first-order valence-electron chi connectivity index (χ1n) is 5.53. The predicted molar refractivity (Wildman–Crippen MR) is 70.1 cm³/mol. The van der Waals surface area contributed by atoms with Crippen LogP contribution in [0, 0.1) is 0 Å². The van der Waals surface area contributed by atoms with Crippen LogP contribution in [0.5, 0.6) is 0 Å². The van der Waals surface area contributed by atoms with E-state index in [1.54, 1.807) is 0 Å². The van der Waals surface area contributed by atoms with Crippen molar-refractivity contribution in [2.75, 3.05) is 25.2 Å². The van der Waals surface area contributed by atoms with E-state index in [9.17, 15) is 14.4 Å². The largest absolute Gasteiger partial charge is 0.462 e. The summed E-state index contributed by atoms with van der Waals surface area (Å²) in [6.07, 6.45) is 2.26. The van der Waals surface area contributed by atoms with Gasteiger partial charge in [0.2, 0.25) is 0 Å². The van der Waals surface area contributed by atoms with Crippen LogP contribution in [0.3, 0.4) is 0 Å². The van der Waals surface area contributed by atoms with Crippen LogP contribution in [-0.4, -0.2) is 55.2 Å². The minimum absolute atomic E-state index is 0.319. The van der Waals surface area contributed by atoms with Crippen molar-refractivity contribution in [3.8, 4) is 0 Å². The predicted octanol–water partition coefficient (Wildman–Crippen LogP) is -2.03. The van der Waals surface area contributed by atoms with Gasteiger partial charge in [-0.05, 0) is 18.4 Å². The molecule has 2 atom stereocenters. The topological polar surface area (TPSA) is 148 Å². The third-order valence-corrected chi connectivity index (χ3v) is 2.67. The van der Waals surface area contributed by atoms with Crippen molar-refractivity contribution in [3.05, 3.63) is 0 Å². The van der Waals surface area contributed by atoms with Gasteiger partial charge in [-0.3, -0.25) is 4.79 Å². The van der Waals surface area contributed by atoms with Crippen molar-refractivity contribution >= 4 is 29.7 Å². The number of hydrogen-bond donors (Lipinski definition) is 3. The van der Waals surface area contributed by atoms with E-state index in [1.807, 2.05) is 6.26 Å². The Bertz CT molecular complexity index is 326. The summed E-state index contributed by atoms with van der Waals surface area (Å²) in [5.41, 5.74) is 15.9. The van der Waals surface area contributed by atoms with E-state index < -0.39 is 36.6 Å². The zero-order valence-corrected chi connectivity index (χ0v) is 11.5. The van der Waals surface area contributed by atoms with Crippen LogP contribution in [-0.2, 0) is 23.9 Å². The van der Waals surface area contributed by atoms with E-state index >= 15 is 0 Å². The molecule has 0 saturated carbocycles. The van der Waals surface area contributed by atoms with Gasteiger partial charge in [-0.2, -0.15) is 11.8 Å². The molecule has 0 saturated heterocycles. The molecular formula is C10H19N3O5S. The maximum atomic E-state index is 11.4. The van der Waals surface area contributed by atoms with Gasteiger partial charge in [0.1, 0.15) is 18.7 Å². The van der Waals surface area contributed by atoms with Gasteiger partial charge in [-0.15, -0.1) is 0 Å². The summed E-state index contributed by atoms with van der Waals surface area (Å²) >= 11 is 1.52. The van der Waals surface area contributed by atoms with Crippen LogP contribution in [0.25, 0.3) is 0 Å². The summed E-state index contributed by atoms with van der Waals surface area (Å²) in [7, 11) is 0. The van der Waals surface area contributed by atoms with E-state index in [1.165, 1.54) is 11.8 Å². The number of ether oxygens (including phenoxy) is 2. The molecule has 0 unspecified atom stereocenters. The van der Waals surface area contributed by atoms with Gasteiger partial charge in [0.15, 0.2) is 0 Å². The van der Waals surface area contributed by atoms with Crippen molar-refractivity contribution in [2.45, 2.75) is 18.5 Å². The number of carbonyl (C=O) groups is 3. The summed E-state index contributed by atoms with van der Waals surface area (Å²) < 4.78 is 9.02. The molecule has 0 spiro atoms. The van der Waals surface area contributed by atoms with Gasteiger partial charge in [0.25, 0.3) is 0 Å². The van der Waals surface area contributed by atoms with Crippen LogP contribution >= 0.6 is 11.8 Å². The van der Waals surface area contributed by atoms with Gasteiger partial charge in [0, 0.05) is 0 Å². The lowest BCUT2D eigenvalue weighted by Crippen LogP contribution is -2.42. The Labute approximate surface area is 115 Å². The molecule has 9 heteroatoms. The van der Waals surface area contributed by atoms with Crippen LogP contribution < -0.4 is 17.2 Å². The van der Waals surface area contributed by atoms with E-state index in [4.69, 9.17) is 17.2 Å². The monoisotopic (exact) mass is 293 g/mol. The van der Waals surface area contributed by atoms with Crippen molar-refractivity contribution in [1.29, 1.82) is 0 Å². The third kappa shape index (κ3) is 7.78. The quantitative estimate of drug-likeness (QED) is 0.340. The van der Waals surface area contributed by atoms with Gasteiger partial charge in [0.05, 0.1) is 6.54 Å². The molecule has 8 nitrogen and oxygen atoms in total. The number of thioether (sulfide) groups is 1. The van der Waals surface area contributed by atoms with Crippen molar-refractivity contribution < 1.29 is 23.9 Å². The highest BCUT2D eigenvalue weighted by Gasteiger charge is 2.23. The highest BCUT2D eigenvalue weighted by atomic mass is 32.2. The van der Waals surface area contributed by atoms with E-state index in [0.29, 0.717) is 12.2 Å². The maximum Gasteiger partial charge on any atom is 0.334 e. The third-order valence-electron chi connectivity index (χ3n) is 2.03. The second kappa shape index (κ2) is 9.73. The van der Waals surface area contributed by atoms with Crippen molar-refractivity contribution in [2.24, 2.45) is 17.2 Å². The van der Waals surface area contributed by atoms with Crippen LogP contribution in [0.4, 0.5) is 0 Å². The molecule has 0 aromatic heterocycles. The molecule has 110 valence electrons. The van der Waals surface area contributed by atoms with Gasteiger partial charge in [-0.1, -0.05) is 0 Å². The van der Waals surface area contributed by atoms with Gasteiger partial charge >= 0.3 is 17.9 Å². The average Bonchev–Trinajstić information content (AvgIpc) is 2.41. The standard InChI is InChI=1S/C10H19N3O5S/c1-19-3-2-6(12)9(15)18-10(16)7(13)5-17-8(14)4-11/h6-7H,2-5,11-13H2,1H3/t6-,7+/m0/s1. The first-order valence-corrected chi connectivity index (χ1v) is 6.93. The van der Waals surface area contributed by atoms with Crippen molar-refractivity contribution in [3.63, 3.8) is 0 Å². The molecule has 0 bridgehead atoms. The Hall–Kier alpha value is -1.16. The fraction of sp³-hybridized carbons (Fsp3) is 0.700. The Morgan fingerprint density at radius 2 is 1.74 bits per heavy atom. The summed E-state index contributed by atoms with van der Waals surface area (Å²) in [5, 5.41) is 0. The first kappa shape index (κ1) is 17.8. The van der Waals surface area contributed by atoms with Crippen LogP contribution in [0.1, 0.15) is 6.42 Å². The highest BCUT2D eigenvalue weighted by molar-refractivity contribution is 7.98. The Morgan fingerprint density at radius 1 is 1.16 bits per heavy atom. The molecule has 0 aromatic rings. The normalized spacial score (nSPS) is 13.5. The smallest absolute Gasteiger partial charge is 0.334 e. The van der Waals surface area contributed by atoms with Crippen molar-refractivity contribution in [1.82, 2.24) is 0 Å². The minimum Gasteiger partial charge on any atom is -0.462 e. The summed E-state index contributed by atoms with van der Waals surface area (Å²) in [6, 6.07) is -2.12.